The summed E-state index contributed by atoms with van der Waals surface area (Å²) in [7, 11) is 0. The molecule has 2 saturated heterocycles. The zero-order valence-electron chi connectivity index (χ0n) is 19.6. The van der Waals surface area contributed by atoms with Gasteiger partial charge in [-0.05, 0) is 57.4 Å². The van der Waals surface area contributed by atoms with E-state index >= 15 is 0 Å². The Morgan fingerprint density at radius 3 is 2.88 bits per heavy atom. The number of likely N-dealkylation sites (tertiary alicyclic amines) is 1. The molecule has 5 heterocycles. The lowest BCUT2D eigenvalue weighted by Gasteiger charge is -2.44. The molecule has 176 valence electrons. The molecular weight excluding hydrogens is 412 g/mol. The van der Waals surface area contributed by atoms with E-state index < -0.39 is 5.41 Å². The second-order valence-electron chi connectivity index (χ2n) is 10.1. The van der Waals surface area contributed by atoms with Crippen LogP contribution in [0.3, 0.4) is 0 Å². The van der Waals surface area contributed by atoms with Gasteiger partial charge in [0.25, 0.3) is 0 Å². The molecule has 5 aliphatic rings. The molecule has 1 aliphatic carbocycles. The Morgan fingerprint density at radius 1 is 1.21 bits per heavy atom. The predicted molar refractivity (Wildman–Crippen MR) is 129 cm³/mol. The van der Waals surface area contributed by atoms with Gasteiger partial charge < -0.3 is 14.2 Å². The summed E-state index contributed by atoms with van der Waals surface area (Å²) in [6.07, 6.45) is 16.8. The number of allylic oxidation sites excluding steroid dienone is 3. The van der Waals surface area contributed by atoms with E-state index in [1.165, 1.54) is 5.56 Å². The first-order valence-electron chi connectivity index (χ1n) is 12.7. The molecule has 0 unspecified atom stereocenters. The largest absolute Gasteiger partial charge is 0.464 e. The van der Waals surface area contributed by atoms with Gasteiger partial charge in [-0.1, -0.05) is 24.3 Å². The van der Waals surface area contributed by atoms with Gasteiger partial charge in [0.15, 0.2) is 0 Å². The van der Waals surface area contributed by atoms with Gasteiger partial charge in [-0.25, -0.2) is 0 Å². The van der Waals surface area contributed by atoms with Crippen molar-refractivity contribution in [3.8, 4) is 0 Å². The van der Waals surface area contributed by atoms with E-state index in [1.807, 2.05) is 17.1 Å². The van der Waals surface area contributed by atoms with Gasteiger partial charge in [0.2, 0.25) is 11.8 Å². The van der Waals surface area contributed by atoms with Crippen LogP contribution in [0, 0.1) is 5.41 Å². The second kappa shape index (κ2) is 9.00. The molecule has 0 aromatic carbocycles. The highest BCUT2D eigenvalue weighted by Crippen LogP contribution is 2.67. The monoisotopic (exact) mass is 448 g/mol. The molecular formula is C28H36N2O3. The Bertz CT molecular complexity index is 976. The highest BCUT2D eigenvalue weighted by atomic mass is 16.3. The van der Waals surface area contributed by atoms with Gasteiger partial charge >= 0.3 is 0 Å². The minimum atomic E-state index is -0.615. The molecule has 0 radical (unpaired) electrons. The Labute approximate surface area is 197 Å². The van der Waals surface area contributed by atoms with E-state index in [4.69, 9.17) is 4.42 Å². The van der Waals surface area contributed by atoms with Crippen molar-refractivity contribution in [2.24, 2.45) is 5.41 Å². The number of nitrogens with zero attached hydrogens (tertiary/aromatic N) is 2. The zero-order chi connectivity index (χ0) is 23.0. The predicted octanol–water partition coefficient (Wildman–Crippen LogP) is 5.45. The summed E-state index contributed by atoms with van der Waals surface area (Å²) in [5.41, 5.74) is 0.560. The van der Waals surface area contributed by atoms with E-state index in [1.54, 1.807) is 0 Å². The first kappa shape index (κ1) is 22.2. The minimum absolute atomic E-state index is 0.0962. The van der Waals surface area contributed by atoms with Crippen LogP contribution in [0.4, 0.5) is 0 Å². The molecule has 5 nitrogen and oxygen atoms in total. The van der Waals surface area contributed by atoms with Crippen LogP contribution in [0.2, 0.25) is 0 Å². The third-order valence-electron chi connectivity index (χ3n) is 8.26. The first-order chi connectivity index (χ1) is 16.1. The molecule has 1 aromatic heterocycles. The number of amides is 2. The van der Waals surface area contributed by atoms with Crippen LogP contribution < -0.4 is 0 Å². The van der Waals surface area contributed by atoms with Gasteiger partial charge in [-0.2, -0.15) is 0 Å². The van der Waals surface area contributed by atoms with Gasteiger partial charge in [0.1, 0.15) is 17.6 Å². The number of carbonyl (C=O) groups excluding carboxylic acids is 2. The van der Waals surface area contributed by atoms with E-state index in [-0.39, 0.29) is 29.8 Å². The third kappa shape index (κ3) is 3.51. The van der Waals surface area contributed by atoms with E-state index in [9.17, 15) is 9.59 Å². The number of furan rings is 1. The fourth-order valence-corrected chi connectivity index (χ4v) is 6.79. The molecule has 33 heavy (non-hydrogen) atoms. The van der Waals surface area contributed by atoms with E-state index in [0.717, 1.165) is 76.0 Å². The molecule has 5 heteroatoms. The third-order valence-corrected chi connectivity index (χ3v) is 8.26. The summed E-state index contributed by atoms with van der Waals surface area (Å²) in [6, 6.07) is 1.74. The molecule has 6 bridgehead atoms. The Balaban J connectivity index is 1.59. The number of hydrogen-bond donors (Lipinski definition) is 0. The Kier molecular flexibility index (Phi) is 6.07. The smallest absolute Gasteiger partial charge is 0.232 e. The van der Waals surface area contributed by atoms with E-state index in [0.29, 0.717) is 12.8 Å². The molecule has 4 atom stereocenters. The maximum absolute atomic E-state index is 14.2. The maximum Gasteiger partial charge on any atom is 0.232 e. The lowest BCUT2D eigenvalue weighted by Crippen LogP contribution is -2.53. The molecule has 2 amide bonds. The van der Waals surface area contributed by atoms with Crippen molar-refractivity contribution < 1.29 is 14.0 Å². The molecule has 6 rings (SSSR count). The normalized spacial score (nSPS) is 31.9. The quantitative estimate of drug-likeness (QED) is 0.444. The Morgan fingerprint density at radius 2 is 2.06 bits per heavy atom. The fourth-order valence-electron chi connectivity index (χ4n) is 6.79. The molecule has 1 aromatic rings. The molecule has 2 fully saturated rings. The number of rotatable bonds is 5. The lowest BCUT2D eigenvalue weighted by atomic mass is 9.67. The number of unbranched alkanes of at least 4 members (excludes halogenated alkanes) is 1. The molecule has 1 spiro atoms. The minimum Gasteiger partial charge on any atom is -0.464 e. The molecule has 0 saturated carbocycles. The van der Waals surface area contributed by atoms with Crippen molar-refractivity contribution in [1.29, 1.82) is 0 Å². The van der Waals surface area contributed by atoms with E-state index in [2.05, 4.69) is 36.3 Å². The number of aryl methyl sites for hydroxylation is 1. The average molecular weight is 449 g/mol. The molecule has 4 aliphatic heterocycles. The van der Waals surface area contributed by atoms with Crippen LogP contribution in [0.25, 0.3) is 0 Å². The summed E-state index contributed by atoms with van der Waals surface area (Å²) in [5.74, 6) is 2.27. The lowest BCUT2D eigenvalue weighted by molar-refractivity contribution is -0.151. The van der Waals surface area contributed by atoms with Crippen LogP contribution in [0.1, 0.15) is 86.8 Å². The van der Waals surface area contributed by atoms with Gasteiger partial charge in [0.05, 0.1) is 11.5 Å². The van der Waals surface area contributed by atoms with Crippen LogP contribution in [-0.2, 0) is 16.0 Å². The number of hydrogen-bond acceptors (Lipinski definition) is 3. The van der Waals surface area contributed by atoms with Gasteiger partial charge in [-0.3, -0.25) is 9.59 Å². The summed E-state index contributed by atoms with van der Waals surface area (Å²) >= 11 is 0. The molecule has 0 N–H and O–H groups in total. The standard InChI is InChI=1S/C28H36N2O3/c1-3-5-10-14-24(31)30-20(4-2)19-28-23-15-17-29(27(28)32)16-12-9-7-6-8-11-13-21-18-22(23)25(33-21)26(28)30/h3-4,6,8,18,20,23,26H,1-2,5,7,9-17,19H2/b8-6-/t20-,23-,26-,28-/m0/s1. The fraction of sp³-hybridized carbons (Fsp3) is 0.571. The van der Waals surface area contributed by atoms with Crippen molar-refractivity contribution >= 4 is 11.8 Å². The topological polar surface area (TPSA) is 53.8 Å². The van der Waals surface area contributed by atoms with Crippen LogP contribution in [-0.4, -0.2) is 40.7 Å². The summed E-state index contributed by atoms with van der Waals surface area (Å²) < 4.78 is 6.49. The van der Waals surface area contributed by atoms with Crippen molar-refractivity contribution in [1.82, 2.24) is 9.80 Å². The second-order valence-corrected chi connectivity index (χ2v) is 10.1. The van der Waals surface area contributed by atoms with Crippen molar-refractivity contribution in [2.45, 2.75) is 82.2 Å². The zero-order valence-corrected chi connectivity index (χ0v) is 19.6. The summed E-state index contributed by atoms with van der Waals surface area (Å²) in [4.78, 5) is 31.7. The number of carbonyl (C=O) groups is 2. The van der Waals surface area contributed by atoms with Crippen LogP contribution in [0.15, 0.2) is 47.9 Å². The first-order valence-corrected chi connectivity index (χ1v) is 12.7. The highest BCUT2D eigenvalue weighted by Gasteiger charge is 2.69. The summed E-state index contributed by atoms with van der Waals surface area (Å²) in [6.45, 7) is 9.44. The maximum atomic E-state index is 14.2. The Hall–Kier alpha value is -2.56. The number of fused-ring (bicyclic) bond motifs is 7. The summed E-state index contributed by atoms with van der Waals surface area (Å²) in [5, 5.41) is 0. The van der Waals surface area contributed by atoms with Crippen LogP contribution in [0.5, 0.6) is 0 Å². The van der Waals surface area contributed by atoms with Crippen molar-refractivity contribution in [3.63, 3.8) is 0 Å². The SMILES string of the molecule is C=CCCCC(=O)N1[C@H]2c3oc4cc3[C@@H]3CCN(CCCC/C=C\CC4)C(=O)[C@]23C[C@@H]1C=C. The van der Waals surface area contributed by atoms with Crippen LogP contribution >= 0.6 is 0 Å². The number of piperidine rings is 1. The van der Waals surface area contributed by atoms with Gasteiger partial charge in [-0.15, -0.1) is 13.2 Å². The highest BCUT2D eigenvalue weighted by molar-refractivity contribution is 5.90. The van der Waals surface area contributed by atoms with Crippen molar-refractivity contribution in [3.05, 3.63) is 60.6 Å². The average Bonchev–Trinajstić information content (AvgIpc) is 3.43. The van der Waals surface area contributed by atoms with Crippen molar-refractivity contribution in [2.75, 3.05) is 13.1 Å². The van der Waals surface area contributed by atoms with Gasteiger partial charge in [0, 0.05) is 37.4 Å².